The lowest BCUT2D eigenvalue weighted by Crippen LogP contribution is -2.36. The number of hydrogen-bond acceptors (Lipinski definition) is 2. The first-order valence-electron chi connectivity index (χ1n) is 7.36. The zero-order valence-corrected chi connectivity index (χ0v) is 13.4. The van der Waals surface area contributed by atoms with E-state index in [1.54, 1.807) is 7.11 Å². The van der Waals surface area contributed by atoms with E-state index < -0.39 is 0 Å². The van der Waals surface area contributed by atoms with E-state index in [0.717, 1.165) is 23.1 Å². The van der Waals surface area contributed by atoms with Crippen molar-refractivity contribution in [3.63, 3.8) is 0 Å². The first-order valence-corrected chi connectivity index (χ1v) is 7.36. The van der Waals surface area contributed by atoms with Gasteiger partial charge in [0.1, 0.15) is 11.4 Å². The Morgan fingerprint density at radius 2 is 2.00 bits per heavy atom. The van der Waals surface area contributed by atoms with Crippen LogP contribution in [-0.4, -0.2) is 36.0 Å². The number of carbonyl (C=O) groups excluding carboxylic acids is 1. The van der Waals surface area contributed by atoms with Gasteiger partial charge in [0.15, 0.2) is 0 Å². The Labute approximate surface area is 126 Å². The van der Waals surface area contributed by atoms with E-state index >= 15 is 0 Å². The molecule has 114 valence electrons. The average molecular weight is 288 g/mol. The van der Waals surface area contributed by atoms with Crippen LogP contribution in [0.3, 0.4) is 0 Å². The lowest BCUT2D eigenvalue weighted by atomic mass is 10.0. The molecule has 0 saturated carbocycles. The lowest BCUT2D eigenvalue weighted by molar-refractivity contribution is 0.0723. The van der Waals surface area contributed by atoms with E-state index in [0.29, 0.717) is 11.6 Å². The third kappa shape index (κ3) is 3.38. The topological polar surface area (TPSA) is 45.3 Å². The molecule has 0 spiro atoms. The van der Waals surface area contributed by atoms with E-state index in [2.05, 4.69) is 25.8 Å². The summed E-state index contributed by atoms with van der Waals surface area (Å²) < 4.78 is 5.21. The predicted molar refractivity (Wildman–Crippen MR) is 85.9 cm³/mol. The number of hydrogen-bond donors (Lipinski definition) is 1. The number of aromatic nitrogens is 1. The van der Waals surface area contributed by atoms with Crippen molar-refractivity contribution in [1.29, 1.82) is 0 Å². The first-order chi connectivity index (χ1) is 9.92. The molecule has 0 aliphatic rings. The van der Waals surface area contributed by atoms with Crippen molar-refractivity contribution < 1.29 is 9.53 Å². The van der Waals surface area contributed by atoms with Crippen LogP contribution in [0.4, 0.5) is 0 Å². The van der Waals surface area contributed by atoms with Crippen molar-refractivity contribution in [2.45, 2.75) is 33.2 Å². The highest BCUT2D eigenvalue weighted by Crippen LogP contribution is 2.22. The zero-order valence-electron chi connectivity index (χ0n) is 13.4. The van der Waals surface area contributed by atoms with Crippen LogP contribution in [0.5, 0.6) is 5.75 Å². The quantitative estimate of drug-likeness (QED) is 0.912. The van der Waals surface area contributed by atoms with Gasteiger partial charge < -0.3 is 14.6 Å². The maximum atomic E-state index is 12.6. The van der Waals surface area contributed by atoms with Gasteiger partial charge in [0.25, 0.3) is 5.91 Å². The number of rotatable bonds is 5. The van der Waals surface area contributed by atoms with Gasteiger partial charge in [0, 0.05) is 30.1 Å². The molecule has 0 radical (unpaired) electrons. The highest BCUT2D eigenvalue weighted by atomic mass is 16.5. The summed E-state index contributed by atoms with van der Waals surface area (Å²) in [5.41, 5.74) is 1.54. The van der Waals surface area contributed by atoms with Gasteiger partial charge in [0.05, 0.1) is 7.11 Å². The summed E-state index contributed by atoms with van der Waals surface area (Å²) in [6.07, 6.45) is 0.996. The van der Waals surface area contributed by atoms with E-state index in [-0.39, 0.29) is 11.9 Å². The van der Waals surface area contributed by atoms with Gasteiger partial charge in [-0.15, -0.1) is 0 Å². The van der Waals surface area contributed by atoms with Crippen molar-refractivity contribution in [2.75, 3.05) is 14.2 Å². The SMILES string of the molecule is COc1ccc2cc(C(=O)N(C)[C@H](C)CC(C)C)[nH]c2c1. The van der Waals surface area contributed by atoms with E-state index in [1.165, 1.54) is 0 Å². The Morgan fingerprint density at radius 1 is 1.29 bits per heavy atom. The van der Waals surface area contributed by atoms with Crippen LogP contribution in [0.1, 0.15) is 37.7 Å². The first kappa shape index (κ1) is 15.4. The fraction of sp³-hybridized carbons (Fsp3) is 0.471. The molecule has 1 amide bonds. The minimum absolute atomic E-state index is 0.0262. The van der Waals surface area contributed by atoms with E-state index in [1.807, 2.05) is 36.2 Å². The van der Waals surface area contributed by atoms with Crippen LogP contribution >= 0.6 is 0 Å². The average Bonchev–Trinajstić information content (AvgIpc) is 2.87. The number of methoxy groups -OCH3 is 1. The number of fused-ring (bicyclic) bond motifs is 1. The number of amides is 1. The van der Waals surface area contributed by atoms with Gasteiger partial charge in [0.2, 0.25) is 0 Å². The molecule has 0 fully saturated rings. The van der Waals surface area contributed by atoms with Crippen LogP contribution in [0.15, 0.2) is 24.3 Å². The second kappa shape index (κ2) is 6.20. The summed E-state index contributed by atoms with van der Waals surface area (Å²) >= 11 is 0. The Kier molecular flexibility index (Phi) is 4.56. The van der Waals surface area contributed by atoms with Crippen molar-refractivity contribution in [3.8, 4) is 5.75 Å². The Balaban J connectivity index is 2.22. The molecule has 1 N–H and O–H groups in total. The molecule has 1 aromatic carbocycles. The standard InChI is InChI=1S/C17H24N2O2/c1-11(2)8-12(3)19(4)17(20)16-9-13-6-7-14(21-5)10-15(13)18-16/h6-7,9-12,18H,8H2,1-5H3/t12-/m1/s1. The van der Waals surface area contributed by atoms with Crippen LogP contribution in [0.2, 0.25) is 0 Å². The lowest BCUT2D eigenvalue weighted by Gasteiger charge is -2.25. The zero-order chi connectivity index (χ0) is 15.6. The van der Waals surface area contributed by atoms with E-state index in [4.69, 9.17) is 4.74 Å². The number of nitrogens with zero attached hydrogens (tertiary/aromatic N) is 1. The van der Waals surface area contributed by atoms with Crippen molar-refractivity contribution in [3.05, 3.63) is 30.0 Å². The van der Waals surface area contributed by atoms with Crippen molar-refractivity contribution in [2.24, 2.45) is 5.92 Å². The Morgan fingerprint density at radius 3 is 2.62 bits per heavy atom. The molecule has 4 heteroatoms. The molecule has 1 aromatic heterocycles. The number of nitrogens with one attached hydrogen (secondary N) is 1. The second-order valence-corrected chi connectivity index (χ2v) is 6.03. The van der Waals surface area contributed by atoms with Crippen LogP contribution in [-0.2, 0) is 0 Å². The number of ether oxygens (including phenoxy) is 1. The molecule has 0 aliphatic heterocycles. The Bertz CT molecular complexity index is 631. The normalized spacial score (nSPS) is 12.7. The molecule has 0 aliphatic carbocycles. The summed E-state index contributed by atoms with van der Waals surface area (Å²) in [4.78, 5) is 17.6. The van der Waals surface area contributed by atoms with Crippen molar-refractivity contribution in [1.82, 2.24) is 9.88 Å². The van der Waals surface area contributed by atoms with Crippen LogP contribution in [0.25, 0.3) is 10.9 Å². The minimum Gasteiger partial charge on any atom is -0.497 e. The molecule has 0 saturated heterocycles. The number of carbonyl (C=O) groups is 1. The van der Waals surface area contributed by atoms with Gasteiger partial charge in [-0.05, 0) is 37.5 Å². The molecular weight excluding hydrogens is 264 g/mol. The number of benzene rings is 1. The Hall–Kier alpha value is -1.97. The highest BCUT2D eigenvalue weighted by molar-refractivity contribution is 5.98. The molecule has 0 bridgehead atoms. The van der Waals surface area contributed by atoms with Crippen LogP contribution in [0, 0.1) is 5.92 Å². The molecule has 2 aromatic rings. The summed E-state index contributed by atoms with van der Waals surface area (Å²) in [5, 5.41) is 1.02. The predicted octanol–water partition coefficient (Wildman–Crippen LogP) is 3.68. The van der Waals surface area contributed by atoms with Gasteiger partial charge in [-0.1, -0.05) is 13.8 Å². The molecule has 0 unspecified atom stereocenters. The number of aromatic amines is 1. The van der Waals surface area contributed by atoms with Gasteiger partial charge in [-0.25, -0.2) is 0 Å². The monoisotopic (exact) mass is 288 g/mol. The molecule has 1 atom stereocenters. The molecule has 2 rings (SSSR count). The van der Waals surface area contributed by atoms with Gasteiger partial charge >= 0.3 is 0 Å². The molecular formula is C17H24N2O2. The fourth-order valence-corrected chi connectivity index (χ4v) is 2.58. The summed E-state index contributed by atoms with van der Waals surface area (Å²) in [6.45, 7) is 6.43. The molecule has 1 heterocycles. The second-order valence-electron chi connectivity index (χ2n) is 6.03. The smallest absolute Gasteiger partial charge is 0.270 e. The third-order valence-electron chi connectivity index (χ3n) is 3.85. The maximum absolute atomic E-state index is 12.6. The largest absolute Gasteiger partial charge is 0.497 e. The maximum Gasteiger partial charge on any atom is 0.270 e. The summed E-state index contributed by atoms with van der Waals surface area (Å²) in [6, 6.07) is 7.88. The van der Waals surface area contributed by atoms with Gasteiger partial charge in [-0.2, -0.15) is 0 Å². The fourth-order valence-electron chi connectivity index (χ4n) is 2.58. The summed E-state index contributed by atoms with van der Waals surface area (Å²) in [7, 11) is 3.50. The van der Waals surface area contributed by atoms with Gasteiger partial charge in [-0.3, -0.25) is 4.79 Å². The molecule has 4 nitrogen and oxygen atoms in total. The van der Waals surface area contributed by atoms with E-state index in [9.17, 15) is 4.79 Å². The third-order valence-corrected chi connectivity index (χ3v) is 3.85. The highest BCUT2D eigenvalue weighted by Gasteiger charge is 2.20. The summed E-state index contributed by atoms with van der Waals surface area (Å²) in [5.74, 6) is 1.38. The minimum atomic E-state index is 0.0262. The van der Waals surface area contributed by atoms with Crippen molar-refractivity contribution >= 4 is 16.8 Å². The van der Waals surface area contributed by atoms with Crippen LogP contribution < -0.4 is 4.74 Å². The number of H-pyrrole nitrogens is 1. The molecule has 21 heavy (non-hydrogen) atoms.